The fourth-order valence-corrected chi connectivity index (χ4v) is 3.23. The lowest BCUT2D eigenvalue weighted by atomic mass is 9.84. The Hall–Kier alpha value is -1.88. The van der Waals surface area contributed by atoms with E-state index in [-0.39, 0.29) is 17.7 Å². The van der Waals surface area contributed by atoms with Crippen LogP contribution in [0.1, 0.15) is 45.6 Å². The minimum atomic E-state index is -0.593. The summed E-state index contributed by atoms with van der Waals surface area (Å²) in [4.78, 5) is 28.9. The molecule has 1 amide bonds. The summed E-state index contributed by atoms with van der Waals surface area (Å²) >= 11 is 0. The zero-order valence-corrected chi connectivity index (χ0v) is 17.5. The number of ketones is 1. The van der Waals surface area contributed by atoms with E-state index in [0.717, 1.165) is 19.3 Å². The van der Waals surface area contributed by atoms with E-state index in [1.165, 1.54) is 11.3 Å². The number of anilines is 1. The first-order chi connectivity index (χ1) is 12.8. The fourth-order valence-electron chi connectivity index (χ4n) is 3.23. The molecule has 1 fully saturated rings. The number of rotatable bonds is 9. The van der Waals surface area contributed by atoms with Crippen molar-refractivity contribution in [1.82, 2.24) is 4.90 Å². The Kier molecular flexibility index (Phi) is 7.42. The van der Waals surface area contributed by atoms with Gasteiger partial charge in [0.1, 0.15) is 0 Å². The lowest BCUT2D eigenvalue weighted by Gasteiger charge is -2.28. The molecule has 5 heteroatoms. The summed E-state index contributed by atoms with van der Waals surface area (Å²) < 4.78 is 5.86. The van der Waals surface area contributed by atoms with Crippen LogP contribution in [-0.4, -0.2) is 56.5 Å². The van der Waals surface area contributed by atoms with Crippen LogP contribution in [0.5, 0.6) is 0 Å². The van der Waals surface area contributed by atoms with Gasteiger partial charge in [0.25, 0.3) is 5.91 Å². The van der Waals surface area contributed by atoms with Gasteiger partial charge < -0.3 is 14.5 Å². The number of hydrogen-bond donors (Lipinski definition) is 0. The smallest absolute Gasteiger partial charge is 0.290 e. The highest BCUT2D eigenvalue weighted by Crippen LogP contribution is 2.25. The van der Waals surface area contributed by atoms with E-state index >= 15 is 0 Å². The second-order valence-electron chi connectivity index (χ2n) is 8.25. The van der Waals surface area contributed by atoms with Crippen LogP contribution in [0.3, 0.4) is 0 Å². The number of carbonyl (C=O) groups excluding carboxylic acids is 2. The number of hydrogen-bond acceptors (Lipinski definition) is 4. The van der Waals surface area contributed by atoms with Gasteiger partial charge in [-0.05, 0) is 43.4 Å². The molecule has 1 heterocycles. The zero-order chi connectivity index (χ0) is 20.0. The first-order valence-electron chi connectivity index (χ1n) is 9.95. The van der Waals surface area contributed by atoms with Crippen LogP contribution in [0.15, 0.2) is 24.3 Å². The van der Waals surface area contributed by atoms with Gasteiger partial charge in [-0.3, -0.25) is 9.59 Å². The Morgan fingerprint density at radius 1 is 1.22 bits per heavy atom. The van der Waals surface area contributed by atoms with Gasteiger partial charge in [0.05, 0.1) is 19.3 Å². The predicted molar refractivity (Wildman–Crippen MR) is 109 cm³/mol. The summed E-state index contributed by atoms with van der Waals surface area (Å²) in [5.74, 6) is -0.620. The average molecular weight is 375 g/mol. The Morgan fingerprint density at radius 3 is 2.48 bits per heavy atom. The van der Waals surface area contributed by atoms with Gasteiger partial charge in [0, 0.05) is 31.7 Å². The van der Waals surface area contributed by atoms with E-state index < -0.39 is 5.41 Å². The molecule has 1 aliphatic heterocycles. The molecule has 150 valence electrons. The lowest BCUT2D eigenvalue weighted by molar-refractivity contribution is -0.150. The third-order valence-corrected chi connectivity index (χ3v) is 5.63. The molecule has 27 heavy (non-hydrogen) atoms. The number of Topliss-reactive ketones (excluding diaryl/α,β-unsaturated/α-hetero) is 1. The van der Waals surface area contributed by atoms with Gasteiger partial charge in [-0.1, -0.05) is 32.9 Å². The Labute approximate surface area is 163 Å². The standard InChI is InChI=1S/C22H34N2O3/c1-6-22(2,3)20(25)21(26)24-14-7-8-19(24)16-27-15-13-17-9-11-18(12-10-17)23(4)5/h9-12,19H,6-8,13-16H2,1-5H3. The van der Waals surface area contributed by atoms with Crippen LogP contribution >= 0.6 is 0 Å². The molecular formula is C22H34N2O3. The summed E-state index contributed by atoms with van der Waals surface area (Å²) in [5.41, 5.74) is 1.82. The molecule has 5 nitrogen and oxygen atoms in total. The highest BCUT2D eigenvalue weighted by molar-refractivity contribution is 6.38. The molecule has 0 N–H and O–H groups in total. The van der Waals surface area contributed by atoms with Gasteiger partial charge in [0.15, 0.2) is 0 Å². The maximum atomic E-state index is 12.6. The quantitative estimate of drug-likeness (QED) is 0.491. The third-order valence-electron chi connectivity index (χ3n) is 5.63. The lowest BCUT2D eigenvalue weighted by Crippen LogP contribution is -2.46. The predicted octanol–water partition coefficient (Wildman–Crippen LogP) is 3.31. The molecule has 1 aromatic rings. The Morgan fingerprint density at radius 2 is 1.89 bits per heavy atom. The maximum absolute atomic E-state index is 12.6. The van der Waals surface area contributed by atoms with Gasteiger partial charge >= 0.3 is 0 Å². The first-order valence-corrected chi connectivity index (χ1v) is 9.95. The van der Waals surface area contributed by atoms with Gasteiger partial charge in [0.2, 0.25) is 5.78 Å². The number of amides is 1. The molecule has 0 bridgehead atoms. The van der Waals surface area contributed by atoms with Crippen LogP contribution in [0.25, 0.3) is 0 Å². The molecular weight excluding hydrogens is 340 g/mol. The zero-order valence-electron chi connectivity index (χ0n) is 17.5. The van der Waals surface area contributed by atoms with Crippen LogP contribution < -0.4 is 4.90 Å². The fraction of sp³-hybridized carbons (Fsp3) is 0.636. The van der Waals surface area contributed by atoms with Gasteiger partial charge in [-0.2, -0.15) is 0 Å². The number of nitrogens with zero attached hydrogens (tertiary/aromatic N) is 2. The molecule has 1 saturated heterocycles. The Bertz CT molecular complexity index is 637. The normalized spacial score (nSPS) is 17.2. The minimum absolute atomic E-state index is 0.0187. The van der Waals surface area contributed by atoms with E-state index in [9.17, 15) is 9.59 Å². The van der Waals surface area contributed by atoms with Crippen LogP contribution in [0.4, 0.5) is 5.69 Å². The van der Waals surface area contributed by atoms with E-state index in [2.05, 4.69) is 29.2 Å². The van der Waals surface area contributed by atoms with Gasteiger partial charge in [-0.15, -0.1) is 0 Å². The molecule has 0 saturated carbocycles. The van der Waals surface area contributed by atoms with E-state index in [4.69, 9.17) is 4.74 Å². The maximum Gasteiger partial charge on any atom is 0.290 e. The summed E-state index contributed by atoms with van der Waals surface area (Å²) in [6, 6.07) is 8.47. The average Bonchev–Trinajstić information content (AvgIpc) is 3.12. The molecule has 1 unspecified atom stereocenters. The van der Waals surface area contributed by atoms with Crippen molar-refractivity contribution >= 4 is 17.4 Å². The summed E-state index contributed by atoms with van der Waals surface area (Å²) in [6.07, 6.45) is 3.35. The van der Waals surface area contributed by atoms with E-state index in [1.54, 1.807) is 4.90 Å². The molecule has 1 aromatic carbocycles. The van der Waals surface area contributed by atoms with E-state index in [1.807, 2.05) is 34.9 Å². The molecule has 0 aliphatic carbocycles. The van der Waals surface area contributed by atoms with Crippen molar-refractivity contribution in [3.05, 3.63) is 29.8 Å². The van der Waals surface area contributed by atoms with Crippen molar-refractivity contribution in [2.75, 3.05) is 38.8 Å². The SMILES string of the molecule is CCC(C)(C)C(=O)C(=O)N1CCCC1COCCc1ccc(N(C)C)cc1. The van der Waals surface area contributed by atoms with Crippen molar-refractivity contribution < 1.29 is 14.3 Å². The second-order valence-corrected chi connectivity index (χ2v) is 8.25. The topological polar surface area (TPSA) is 49.9 Å². The van der Waals surface area contributed by atoms with Crippen molar-refractivity contribution in [3.8, 4) is 0 Å². The molecule has 1 atom stereocenters. The monoisotopic (exact) mass is 374 g/mol. The van der Waals surface area contributed by atoms with Gasteiger partial charge in [-0.25, -0.2) is 0 Å². The largest absolute Gasteiger partial charge is 0.379 e. The Balaban J connectivity index is 1.81. The highest BCUT2D eigenvalue weighted by Gasteiger charge is 2.38. The molecule has 0 spiro atoms. The first kappa shape index (κ1) is 21.4. The minimum Gasteiger partial charge on any atom is -0.379 e. The van der Waals surface area contributed by atoms with Crippen molar-refractivity contribution in [2.24, 2.45) is 5.41 Å². The van der Waals surface area contributed by atoms with Crippen LogP contribution in [0.2, 0.25) is 0 Å². The molecule has 1 aliphatic rings. The molecule has 0 radical (unpaired) electrons. The van der Waals surface area contributed by atoms with Crippen molar-refractivity contribution in [3.63, 3.8) is 0 Å². The number of carbonyl (C=O) groups is 2. The highest BCUT2D eigenvalue weighted by atomic mass is 16.5. The third kappa shape index (κ3) is 5.55. The second kappa shape index (κ2) is 9.36. The van der Waals surface area contributed by atoms with Crippen LogP contribution in [-0.2, 0) is 20.7 Å². The number of ether oxygens (including phenoxy) is 1. The number of benzene rings is 1. The summed E-state index contributed by atoms with van der Waals surface area (Å²) in [5, 5.41) is 0. The summed E-state index contributed by atoms with van der Waals surface area (Å²) in [6.45, 7) is 7.41. The van der Waals surface area contributed by atoms with E-state index in [0.29, 0.717) is 26.2 Å². The van der Waals surface area contributed by atoms with Crippen LogP contribution in [0, 0.1) is 5.41 Å². The number of likely N-dealkylation sites (tertiary alicyclic amines) is 1. The van der Waals surface area contributed by atoms with Crippen molar-refractivity contribution in [1.29, 1.82) is 0 Å². The molecule has 0 aromatic heterocycles. The molecule has 2 rings (SSSR count). The van der Waals surface area contributed by atoms with Crippen molar-refractivity contribution in [2.45, 2.75) is 52.5 Å². The summed E-state index contributed by atoms with van der Waals surface area (Å²) in [7, 11) is 4.05.